The number of nitrogens with two attached hydrogens (primary N) is 1. The molecule has 18 heavy (non-hydrogen) atoms. The van der Waals surface area contributed by atoms with Gasteiger partial charge < -0.3 is 20.9 Å². The first-order chi connectivity index (χ1) is 8.61. The summed E-state index contributed by atoms with van der Waals surface area (Å²) in [6.07, 6.45) is 2.31. The molecule has 0 aliphatic heterocycles. The number of carbonyl (C=O) groups is 1. The zero-order valence-corrected chi connectivity index (χ0v) is 10.3. The van der Waals surface area contributed by atoms with E-state index >= 15 is 0 Å². The number of benzene rings is 1. The number of carbonyl (C=O) groups excluding carboxylic acids is 1. The van der Waals surface area contributed by atoms with Gasteiger partial charge in [0.05, 0.1) is 7.11 Å². The largest absolute Gasteiger partial charge is 0.504 e. The summed E-state index contributed by atoms with van der Waals surface area (Å²) in [5.74, 6) is 0.622. The first-order valence-electron chi connectivity index (χ1n) is 6.02. The molecule has 1 aromatic rings. The molecular weight excluding hydrogens is 232 g/mol. The van der Waals surface area contributed by atoms with Gasteiger partial charge in [-0.2, -0.15) is 0 Å². The van der Waals surface area contributed by atoms with Crippen LogP contribution in [-0.2, 0) is 0 Å². The highest BCUT2D eigenvalue weighted by atomic mass is 16.5. The third-order valence-electron chi connectivity index (χ3n) is 3.17. The monoisotopic (exact) mass is 250 g/mol. The van der Waals surface area contributed by atoms with E-state index in [2.05, 4.69) is 5.32 Å². The molecule has 1 amide bonds. The first kappa shape index (κ1) is 12.7. The number of methoxy groups -OCH3 is 1. The van der Waals surface area contributed by atoms with Crippen LogP contribution in [0.25, 0.3) is 0 Å². The Morgan fingerprint density at radius 3 is 2.89 bits per heavy atom. The van der Waals surface area contributed by atoms with Crippen molar-refractivity contribution in [2.75, 3.05) is 13.7 Å². The van der Waals surface area contributed by atoms with Crippen LogP contribution in [0.5, 0.6) is 11.5 Å². The van der Waals surface area contributed by atoms with Gasteiger partial charge in [0.25, 0.3) is 5.91 Å². The summed E-state index contributed by atoms with van der Waals surface area (Å²) >= 11 is 0. The molecule has 0 saturated heterocycles. The molecule has 1 atom stereocenters. The smallest absolute Gasteiger partial charge is 0.251 e. The van der Waals surface area contributed by atoms with Gasteiger partial charge in [-0.15, -0.1) is 0 Å². The van der Waals surface area contributed by atoms with Gasteiger partial charge in [-0.05, 0) is 37.0 Å². The van der Waals surface area contributed by atoms with Gasteiger partial charge in [-0.3, -0.25) is 4.79 Å². The van der Waals surface area contributed by atoms with Crippen LogP contribution in [0.2, 0.25) is 0 Å². The number of rotatable bonds is 5. The molecule has 1 aliphatic carbocycles. The van der Waals surface area contributed by atoms with Crippen LogP contribution in [0.15, 0.2) is 18.2 Å². The van der Waals surface area contributed by atoms with Crippen LogP contribution in [0.3, 0.4) is 0 Å². The second-order valence-corrected chi connectivity index (χ2v) is 4.60. The Morgan fingerprint density at radius 1 is 1.61 bits per heavy atom. The van der Waals surface area contributed by atoms with E-state index in [0.29, 0.717) is 23.8 Å². The summed E-state index contributed by atoms with van der Waals surface area (Å²) in [5, 5.41) is 12.4. The number of amides is 1. The fourth-order valence-corrected chi connectivity index (χ4v) is 1.83. The lowest BCUT2D eigenvalue weighted by Gasteiger charge is -2.12. The van der Waals surface area contributed by atoms with E-state index in [1.54, 1.807) is 12.1 Å². The number of hydrogen-bond donors (Lipinski definition) is 3. The molecule has 0 radical (unpaired) electrons. The van der Waals surface area contributed by atoms with Crippen molar-refractivity contribution in [2.24, 2.45) is 11.7 Å². The Morgan fingerprint density at radius 2 is 2.33 bits per heavy atom. The number of aromatic hydroxyl groups is 1. The minimum atomic E-state index is -0.232. The fraction of sp³-hybridized carbons (Fsp3) is 0.462. The highest BCUT2D eigenvalue weighted by molar-refractivity contribution is 5.94. The van der Waals surface area contributed by atoms with Crippen LogP contribution >= 0.6 is 0 Å². The average Bonchev–Trinajstić information content (AvgIpc) is 3.19. The van der Waals surface area contributed by atoms with Crippen molar-refractivity contribution >= 4 is 5.91 Å². The van der Waals surface area contributed by atoms with E-state index in [1.165, 1.54) is 13.2 Å². The molecular formula is C13H18N2O3. The predicted molar refractivity (Wildman–Crippen MR) is 67.7 cm³/mol. The zero-order chi connectivity index (χ0) is 13.1. The molecule has 0 heterocycles. The molecule has 1 saturated carbocycles. The highest BCUT2D eigenvalue weighted by Gasteiger charge is 2.28. The molecule has 0 aromatic heterocycles. The van der Waals surface area contributed by atoms with E-state index in [4.69, 9.17) is 10.5 Å². The van der Waals surface area contributed by atoms with Crippen molar-refractivity contribution in [1.82, 2.24) is 5.32 Å². The van der Waals surface area contributed by atoms with Crippen molar-refractivity contribution in [2.45, 2.75) is 18.9 Å². The van der Waals surface area contributed by atoms with Crippen molar-refractivity contribution in [1.29, 1.82) is 0 Å². The van der Waals surface area contributed by atoms with E-state index in [-0.39, 0.29) is 17.7 Å². The van der Waals surface area contributed by atoms with Crippen molar-refractivity contribution in [3.8, 4) is 11.5 Å². The summed E-state index contributed by atoms with van der Waals surface area (Å²) in [5.41, 5.74) is 6.30. The van der Waals surface area contributed by atoms with E-state index in [1.807, 2.05) is 0 Å². The second-order valence-electron chi connectivity index (χ2n) is 4.60. The zero-order valence-electron chi connectivity index (χ0n) is 10.3. The maximum absolute atomic E-state index is 11.8. The summed E-state index contributed by atoms with van der Waals surface area (Å²) in [6.45, 7) is 0.469. The maximum Gasteiger partial charge on any atom is 0.251 e. The molecule has 1 aliphatic rings. The lowest BCUT2D eigenvalue weighted by atomic mass is 10.1. The number of hydrogen-bond acceptors (Lipinski definition) is 4. The molecule has 0 spiro atoms. The van der Waals surface area contributed by atoms with Crippen molar-refractivity contribution < 1.29 is 14.6 Å². The molecule has 2 rings (SSSR count). The lowest BCUT2D eigenvalue weighted by molar-refractivity contribution is 0.0950. The quantitative estimate of drug-likeness (QED) is 0.724. The lowest BCUT2D eigenvalue weighted by Crippen LogP contribution is -2.38. The van der Waals surface area contributed by atoms with Crippen LogP contribution < -0.4 is 15.8 Å². The van der Waals surface area contributed by atoms with E-state index < -0.39 is 0 Å². The normalized spacial score (nSPS) is 16.1. The van der Waals surface area contributed by atoms with Gasteiger partial charge in [-0.25, -0.2) is 0 Å². The van der Waals surface area contributed by atoms with Crippen LogP contribution in [0.4, 0.5) is 0 Å². The van der Waals surface area contributed by atoms with Gasteiger partial charge >= 0.3 is 0 Å². The van der Waals surface area contributed by atoms with Gasteiger partial charge in [0.1, 0.15) is 0 Å². The number of phenolic OH excluding ortho intramolecular Hbond substituents is 1. The summed E-state index contributed by atoms with van der Waals surface area (Å²) in [7, 11) is 1.46. The topological polar surface area (TPSA) is 84.6 Å². The minimum Gasteiger partial charge on any atom is -0.504 e. The Hall–Kier alpha value is -1.75. The van der Waals surface area contributed by atoms with E-state index in [9.17, 15) is 9.90 Å². The molecule has 4 N–H and O–H groups in total. The Bertz CT molecular complexity index is 444. The number of nitrogens with one attached hydrogen (secondary N) is 1. The predicted octanol–water partition coefficient (Wildman–Crippen LogP) is 0.868. The van der Waals surface area contributed by atoms with Gasteiger partial charge in [0.2, 0.25) is 0 Å². The van der Waals surface area contributed by atoms with Gasteiger partial charge in [0.15, 0.2) is 11.5 Å². The maximum atomic E-state index is 11.8. The second kappa shape index (κ2) is 5.27. The molecule has 0 bridgehead atoms. The number of ether oxygens (including phenoxy) is 1. The summed E-state index contributed by atoms with van der Waals surface area (Å²) in [6, 6.07) is 4.58. The summed E-state index contributed by atoms with van der Waals surface area (Å²) < 4.78 is 4.92. The Kier molecular flexibility index (Phi) is 3.72. The molecule has 1 unspecified atom stereocenters. The Labute approximate surface area is 106 Å². The van der Waals surface area contributed by atoms with Crippen LogP contribution in [0, 0.1) is 5.92 Å². The van der Waals surface area contributed by atoms with Crippen molar-refractivity contribution in [3.63, 3.8) is 0 Å². The molecule has 98 valence electrons. The molecule has 5 nitrogen and oxygen atoms in total. The van der Waals surface area contributed by atoms with Gasteiger partial charge in [-0.1, -0.05) is 0 Å². The first-order valence-corrected chi connectivity index (χ1v) is 6.02. The van der Waals surface area contributed by atoms with Crippen LogP contribution in [0.1, 0.15) is 23.2 Å². The average molecular weight is 250 g/mol. The highest BCUT2D eigenvalue weighted by Crippen LogP contribution is 2.31. The van der Waals surface area contributed by atoms with Crippen LogP contribution in [-0.4, -0.2) is 30.7 Å². The molecule has 5 heteroatoms. The SMILES string of the molecule is COc1ccc(C(=O)NCC(N)C2CC2)cc1O. The molecule has 1 fully saturated rings. The van der Waals surface area contributed by atoms with Crippen molar-refractivity contribution in [3.05, 3.63) is 23.8 Å². The molecule has 1 aromatic carbocycles. The third-order valence-corrected chi connectivity index (χ3v) is 3.17. The fourth-order valence-electron chi connectivity index (χ4n) is 1.83. The summed E-state index contributed by atoms with van der Waals surface area (Å²) in [4.78, 5) is 11.8. The number of phenols is 1. The standard InChI is InChI=1S/C13H18N2O3/c1-18-12-5-4-9(6-11(12)16)13(17)15-7-10(14)8-2-3-8/h4-6,8,10,16H,2-3,7,14H2,1H3,(H,15,17). The third kappa shape index (κ3) is 2.92. The minimum absolute atomic E-state index is 0.0285. The van der Waals surface area contributed by atoms with E-state index in [0.717, 1.165) is 12.8 Å². The van der Waals surface area contributed by atoms with Gasteiger partial charge in [0, 0.05) is 18.2 Å². The Balaban J connectivity index is 1.93.